The summed E-state index contributed by atoms with van der Waals surface area (Å²) >= 11 is 0. The minimum absolute atomic E-state index is 0.778. The first-order valence-corrected chi connectivity index (χ1v) is 10.3. The van der Waals surface area contributed by atoms with Gasteiger partial charge in [-0.05, 0) is 48.0 Å². The second-order valence-corrected chi connectivity index (χ2v) is 7.67. The molecular formula is C25H25N3O2. The van der Waals surface area contributed by atoms with Crippen molar-refractivity contribution in [3.05, 3.63) is 78.6 Å². The van der Waals surface area contributed by atoms with Gasteiger partial charge in [0.15, 0.2) is 11.3 Å². The van der Waals surface area contributed by atoms with Gasteiger partial charge in [0.25, 0.3) is 0 Å². The van der Waals surface area contributed by atoms with Crippen LogP contribution in [0.15, 0.2) is 77.5 Å². The fourth-order valence-corrected chi connectivity index (χ4v) is 4.14. The molecule has 30 heavy (non-hydrogen) atoms. The molecule has 1 aliphatic heterocycles. The maximum absolute atomic E-state index is 6.10. The third-order valence-electron chi connectivity index (χ3n) is 5.71. The first-order valence-electron chi connectivity index (χ1n) is 10.3. The van der Waals surface area contributed by atoms with Gasteiger partial charge in [-0.3, -0.25) is 9.88 Å². The van der Waals surface area contributed by atoms with Crippen LogP contribution in [0.2, 0.25) is 0 Å². The largest absolute Gasteiger partial charge is 0.493 e. The van der Waals surface area contributed by atoms with E-state index < -0.39 is 0 Å². The van der Waals surface area contributed by atoms with Crippen molar-refractivity contribution < 1.29 is 9.15 Å². The highest BCUT2D eigenvalue weighted by atomic mass is 16.5. The monoisotopic (exact) mass is 399 g/mol. The van der Waals surface area contributed by atoms with E-state index in [4.69, 9.17) is 9.15 Å². The molecule has 0 amide bonds. The molecule has 5 nitrogen and oxygen atoms in total. The Morgan fingerprint density at radius 2 is 1.80 bits per heavy atom. The SMILES string of the molecule is COc1cc(CN2CCN(c3ccccc3)CC2)cc2cc(-c3cccnc3)oc12. The Kier molecular flexibility index (Phi) is 5.11. The van der Waals surface area contributed by atoms with Gasteiger partial charge in [0.05, 0.1) is 7.11 Å². The fourth-order valence-electron chi connectivity index (χ4n) is 4.14. The molecule has 1 saturated heterocycles. The Morgan fingerprint density at radius 3 is 2.53 bits per heavy atom. The molecule has 0 radical (unpaired) electrons. The number of ether oxygens (including phenoxy) is 1. The van der Waals surface area contributed by atoms with Crippen LogP contribution in [0.5, 0.6) is 5.75 Å². The number of piperazine rings is 1. The summed E-state index contributed by atoms with van der Waals surface area (Å²) in [6, 6.07) is 21.0. The Labute approximate surface area is 176 Å². The minimum atomic E-state index is 0.778. The molecule has 3 heterocycles. The molecule has 0 spiro atoms. The zero-order valence-corrected chi connectivity index (χ0v) is 17.1. The molecule has 0 N–H and O–H groups in total. The van der Waals surface area contributed by atoms with Crippen molar-refractivity contribution in [2.45, 2.75) is 6.54 Å². The van der Waals surface area contributed by atoms with Gasteiger partial charge in [-0.25, -0.2) is 0 Å². The smallest absolute Gasteiger partial charge is 0.176 e. The summed E-state index contributed by atoms with van der Waals surface area (Å²) < 4.78 is 11.7. The molecule has 0 aliphatic carbocycles. The number of hydrogen-bond acceptors (Lipinski definition) is 5. The van der Waals surface area contributed by atoms with Crippen LogP contribution < -0.4 is 9.64 Å². The number of hydrogen-bond donors (Lipinski definition) is 0. The summed E-state index contributed by atoms with van der Waals surface area (Å²) in [6.45, 7) is 5.08. The third-order valence-corrected chi connectivity index (χ3v) is 5.71. The zero-order chi connectivity index (χ0) is 20.3. The highest BCUT2D eigenvalue weighted by Gasteiger charge is 2.19. The van der Waals surface area contributed by atoms with E-state index in [2.05, 4.69) is 63.3 Å². The lowest BCUT2D eigenvalue weighted by atomic mass is 10.1. The van der Waals surface area contributed by atoms with Gasteiger partial charge < -0.3 is 14.1 Å². The fraction of sp³-hybridized carbons (Fsp3) is 0.240. The molecule has 5 rings (SSSR count). The summed E-state index contributed by atoms with van der Waals surface area (Å²) in [5, 5.41) is 1.06. The van der Waals surface area contributed by atoms with Crippen LogP contribution in [-0.4, -0.2) is 43.2 Å². The molecule has 1 fully saturated rings. The lowest BCUT2D eigenvalue weighted by Crippen LogP contribution is -2.45. The predicted molar refractivity (Wildman–Crippen MR) is 120 cm³/mol. The van der Waals surface area contributed by atoms with Crippen LogP contribution in [0.25, 0.3) is 22.3 Å². The van der Waals surface area contributed by atoms with Crippen LogP contribution >= 0.6 is 0 Å². The zero-order valence-electron chi connectivity index (χ0n) is 17.1. The summed E-state index contributed by atoms with van der Waals surface area (Å²) in [4.78, 5) is 9.15. The normalized spacial score (nSPS) is 14.9. The molecule has 5 heteroatoms. The van der Waals surface area contributed by atoms with Gasteiger partial charge in [-0.2, -0.15) is 0 Å². The quantitative estimate of drug-likeness (QED) is 0.481. The number of benzene rings is 2. The molecule has 2 aromatic heterocycles. The van der Waals surface area contributed by atoms with E-state index in [1.54, 1.807) is 13.3 Å². The summed E-state index contributed by atoms with van der Waals surface area (Å²) in [5.74, 6) is 1.59. The Morgan fingerprint density at radius 1 is 0.967 bits per heavy atom. The second kappa shape index (κ2) is 8.20. The maximum atomic E-state index is 6.10. The molecule has 0 unspecified atom stereocenters. The number of methoxy groups -OCH3 is 1. The Bertz CT molecular complexity index is 1120. The average molecular weight is 399 g/mol. The van der Waals surface area contributed by atoms with Crippen molar-refractivity contribution >= 4 is 16.7 Å². The topological polar surface area (TPSA) is 41.7 Å². The predicted octanol–water partition coefficient (Wildman–Crippen LogP) is 4.83. The molecule has 0 bridgehead atoms. The first kappa shape index (κ1) is 18.7. The van der Waals surface area contributed by atoms with E-state index in [1.807, 2.05) is 18.3 Å². The average Bonchev–Trinajstić information content (AvgIpc) is 3.24. The number of nitrogens with zero attached hydrogens (tertiary/aromatic N) is 3. The number of pyridine rings is 1. The number of fused-ring (bicyclic) bond motifs is 1. The lowest BCUT2D eigenvalue weighted by Gasteiger charge is -2.36. The Balaban J connectivity index is 1.34. The standard InChI is InChI=1S/C25H25N3O2/c1-29-24-15-19(14-21-16-23(30-25(21)24)20-6-5-9-26-17-20)18-27-10-12-28(13-11-27)22-7-3-2-4-8-22/h2-9,14-17H,10-13,18H2,1H3. The summed E-state index contributed by atoms with van der Waals surface area (Å²) in [5.41, 5.74) is 4.30. The van der Waals surface area contributed by atoms with Crippen molar-refractivity contribution in [2.24, 2.45) is 0 Å². The van der Waals surface area contributed by atoms with Crippen LogP contribution in [0.4, 0.5) is 5.69 Å². The van der Waals surface area contributed by atoms with Crippen molar-refractivity contribution in [1.29, 1.82) is 0 Å². The minimum Gasteiger partial charge on any atom is -0.493 e. The molecular weight excluding hydrogens is 374 g/mol. The van der Waals surface area contributed by atoms with Gasteiger partial charge in [-0.1, -0.05) is 18.2 Å². The molecule has 2 aromatic carbocycles. The van der Waals surface area contributed by atoms with Gasteiger partial charge >= 0.3 is 0 Å². The molecule has 0 saturated carbocycles. The highest BCUT2D eigenvalue weighted by Crippen LogP contribution is 2.34. The van der Waals surface area contributed by atoms with Crippen LogP contribution in [0.3, 0.4) is 0 Å². The third kappa shape index (κ3) is 3.76. The van der Waals surface area contributed by atoms with Crippen molar-refractivity contribution in [3.8, 4) is 17.1 Å². The number of aromatic nitrogens is 1. The van der Waals surface area contributed by atoms with Crippen molar-refractivity contribution in [1.82, 2.24) is 9.88 Å². The molecule has 152 valence electrons. The Hall–Kier alpha value is -3.31. The number of anilines is 1. The van der Waals surface area contributed by atoms with E-state index in [1.165, 1.54) is 11.3 Å². The van der Waals surface area contributed by atoms with Crippen LogP contribution in [0.1, 0.15) is 5.56 Å². The molecule has 4 aromatic rings. The van der Waals surface area contributed by atoms with E-state index in [-0.39, 0.29) is 0 Å². The van der Waals surface area contributed by atoms with Gasteiger partial charge in [0.2, 0.25) is 0 Å². The van der Waals surface area contributed by atoms with E-state index >= 15 is 0 Å². The highest BCUT2D eigenvalue weighted by molar-refractivity contribution is 5.88. The number of furan rings is 1. The van der Waals surface area contributed by atoms with E-state index in [0.29, 0.717) is 0 Å². The molecule has 0 atom stereocenters. The van der Waals surface area contributed by atoms with Gasteiger partial charge in [0, 0.05) is 61.8 Å². The second-order valence-electron chi connectivity index (χ2n) is 7.67. The van der Waals surface area contributed by atoms with Gasteiger partial charge in [0.1, 0.15) is 5.76 Å². The maximum Gasteiger partial charge on any atom is 0.176 e. The first-order chi connectivity index (χ1) is 14.8. The van der Waals surface area contributed by atoms with E-state index in [9.17, 15) is 0 Å². The lowest BCUT2D eigenvalue weighted by molar-refractivity contribution is 0.249. The van der Waals surface area contributed by atoms with Crippen molar-refractivity contribution in [2.75, 3.05) is 38.2 Å². The van der Waals surface area contributed by atoms with Crippen LogP contribution in [0, 0.1) is 0 Å². The summed E-state index contributed by atoms with van der Waals surface area (Å²) in [6.07, 6.45) is 3.58. The van der Waals surface area contributed by atoms with Crippen molar-refractivity contribution in [3.63, 3.8) is 0 Å². The van der Waals surface area contributed by atoms with E-state index in [0.717, 1.165) is 60.8 Å². The summed E-state index contributed by atoms with van der Waals surface area (Å²) in [7, 11) is 1.70. The number of rotatable bonds is 5. The number of para-hydroxylation sites is 1. The van der Waals surface area contributed by atoms with Gasteiger partial charge in [-0.15, -0.1) is 0 Å². The molecule has 1 aliphatic rings. The van der Waals surface area contributed by atoms with Crippen LogP contribution in [-0.2, 0) is 6.54 Å².